The number of ether oxygens (including phenoxy) is 1. The molecular formula is C10H6F2N2O2S. The van der Waals surface area contributed by atoms with Crippen molar-refractivity contribution in [3.8, 4) is 16.3 Å². The average molecular weight is 256 g/mol. The van der Waals surface area contributed by atoms with Crippen LogP contribution >= 0.6 is 11.3 Å². The molecule has 0 atom stereocenters. The standard InChI is InChI=1S/C10H6F2N2O2S/c11-10(12)16-9-6(2-1-3-13-9)7-4-14-8(5-15)17-7/h1-5,10H. The highest BCUT2D eigenvalue weighted by Gasteiger charge is 2.14. The molecule has 4 nitrogen and oxygen atoms in total. The van der Waals surface area contributed by atoms with Gasteiger partial charge in [0.25, 0.3) is 0 Å². The number of halogens is 2. The van der Waals surface area contributed by atoms with Crippen LogP contribution in [0.3, 0.4) is 0 Å². The van der Waals surface area contributed by atoms with E-state index >= 15 is 0 Å². The number of nitrogens with zero attached hydrogens (tertiary/aromatic N) is 2. The Labute approximate surface area is 98.9 Å². The third-order valence-electron chi connectivity index (χ3n) is 1.86. The van der Waals surface area contributed by atoms with Crippen LogP contribution in [-0.2, 0) is 0 Å². The monoisotopic (exact) mass is 256 g/mol. The Morgan fingerprint density at radius 2 is 2.24 bits per heavy atom. The lowest BCUT2D eigenvalue weighted by molar-refractivity contribution is -0.0524. The van der Waals surface area contributed by atoms with E-state index in [0.29, 0.717) is 16.7 Å². The first-order chi connectivity index (χ1) is 8.20. The van der Waals surface area contributed by atoms with E-state index in [1.165, 1.54) is 12.4 Å². The van der Waals surface area contributed by atoms with Gasteiger partial charge in [-0.15, -0.1) is 11.3 Å². The molecule has 2 aromatic rings. The molecule has 0 bridgehead atoms. The molecule has 0 unspecified atom stereocenters. The fourth-order valence-electron chi connectivity index (χ4n) is 1.22. The van der Waals surface area contributed by atoms with E-state index in [4.69, 9.17) is 0 Å². The first-order valence-corrected chi connectivity index (χ1v) is 5.33. The number of carbonyl (C=O) groups is 1. The zero-order chi connectivity index (χ0) is 12.3. The van der Waals surface area contributed by atoms with Crippen LogP contribution in [0, 0.1) is 0 Å². The molecular weight excluding hydrogens is 250 g/mol. The van der Waals surface area contributed by atoms with Crippen LogP contribution < -0.4 is 4.74 Å². The molecule has 0 aliphatic heterocycles. The number of carbonyl (C=O) groups excluding carboxylic acids is 1. The van der Waals surface area contributed by atoms with E-state index in [0.717, 1.165) is 11.3 Å². The fourth-order valence-corrected chi connectivity index (χ4v) is 1.97. The lowest BCUT2D eigenvalue weighted by Crippen LogP contribution is -2.04. The Morgan fingerprint density at radius 1 is 1.41 bits per heavy atom. The molecule has 2 aromatic heterocycles. The molecule has 0 aliphatic carbocycles. The first-order valence-electron chi connectivity index (χ1n) is 4.52. The van der Waals surface area contributed by atoms with Crippen molar-refractivity contribution in [2.45, 2.75) is 6.61 Å². The van der Waals surface area contributed by atoms with Crippen molar-refractivity contribution in [1.82, 2.24) is 9.97 Å². The van der Waals surface area contributed by atoms with Crippen molar-refractivity contribution in [1.29, 1.82) is 0 Å². The number of rotatable bonds is 4. The van der Waals surface area contributed by atoms with Crippen LogP contribution in [0.15, 0.2) is 24.5 Å². The van der Waals surface area contributed by atoms with Gasteiger partial charge in [-0.1, -0.05) is 0 Å². The normalized spacial score (nSPS) is 10.5. The molecule has 2 heterocycles. The van der Waals surface area contributed by atoms with Crippen LogP contribution in [0.1, 0.15) is 9.80 Å². The van der Waals surface area contributed by atoms with Crippen LogP contribution in [-0.4, -0.2) is 22.9 Å². The van der Waals surface area contributed by atoms with Gasteiger partial charge in [0, 0.05) is 12.4 Å². The highest BCUT2D eigenvalue weighted by atomic mass is 32.1. The van der Waals surface area contributed by atoms with Crippen LogP contribution in [0.5, 0.6) is 5.88 Å². The summed E-state index contributed by atoms with van der Waals surface area (Å²) in [6, 6.07) is 3.17. The summed E-state index contributed by atoms with van der Waals surface area (Å²) in [5.41, 5.74) is 0.387. The summed E-state index contributed by atoms with van der Waals surface area (Å²) in [4.78, 5) is 18.6. The zero-order valence-electron chi connectivity index (χ0n) is 8.34. The predicted molar refractivity (Wildman–Crippen MR) is 57.4 cm³/mol. The van der Waals surface area contributed by atoms with E-state index < -0.39 is 6.61 Å². The smallest absolute Gasteiger partial charge is 0.388 e. The molecule has 0 aliphatic rings. The highest BCUT2D eigenvalue weighted by molar-refractivity contribution is 7.16. The van der Waals surface area contributed by atoms with E-state index in [9.17, 15) is 13.6 Å². The lowest BCUT2D eigenvalue weighted by Gasteiger charge is -2.06. The van der Waals surface area contributed by atoms with Gasteiger partial charge in [-0.05, 0) is 12.1 Å². The van der Waals surface area contributed by atoms with Gasteiger partial charge in [-0.3, -0.25) is 4.79 Å². The number of thiazole rings is 1. The minimum absolute atomic E-state index is 0.177. The quantitative estimate of drug-likeness (QED) is 0.789. The number of aldehydes is 1. The molecule has 2 rings (SSSR count). The van der Waals surface area contributed by atoms with Gasteiger partial charge in [0.15, 0.2) is 11.3 Å². The molecule has 88 valence electrons. The van der Waals surface area contributed by atoms with Gasteiger partial charge in [-0.2, -0.15) is 8.78 Å². The maximum absolute atomic E-state index is 12.2. The molecule has 17 heavy (non-hydrogen) atoms. The summed E-state index contributed by atoms with van der Waals surface area (Å²) >= 11 is 1.08. The molecule has 0 N–H and O–H groups in total. The largest absolute Gasteiger partial charge is 0.416 e. The third-order valence-corrected chi connectivity index (χ3v) is 2.82. The summed E-state index contributed by atoms with van der Waals surface area (Å²) in [5.74, 6) is -0.177. The molecule has 0 aromatic carbocycles. The summed E-state index contributed by atoms with van der Waals surface area (Å²) in [6.07, 6.45) is 3.37. The second-order valence-electron chi connectivity index (χ2n) is 2.92. The maximum atomic E-state index is 12.2. The fraction of sp³-hybridized carbons (Fsp3) is 0.100. The number of pyridine rings is 1. The summed E-state index contributed by atoms with van der Waals surface area (Å²) in [6.45, 7) is -2.94. The molecule has 0 saturated carbocycles. The van der Waals surface area contributed by atoms with E-state index in [1.54, 1.807) is 12.1 Å². The van der Waals surface area contributed by atoms with Gasteiger partial charge in [0.05, 0.1) is 10.4 Å². The van der Waals surface area contributed by atoms with Crippen molar-refractivity contribution in [2.75, 3.05) is 0 Å². The number of hydrogen-bond donors (Lipinski definition) is 0. The minimum Gasteiger partial charge on any atom is -0.416 e. The molecule has 0 radical (unpaired) electrons. The summed E-state index contributed by atoms with van der Waals surface area (Å²) < 4.78 is 28.6. The van der Waals surface area contributed by atoms with E-state index in [2.05, 4.69) is 14.7 Å². The van der Waals surface area contributed by atoms with Crippen molar-refractivity contribution >= 4 is 17.6 Å². The SMILES string of the molecule is O=Cc1ncc(-c2cccnc2OC(F)F)s1. The van der Waals surface area contributed by atoms with Crippen LogP contribution in [0.4, 0.5) is 8.78 Å². The van der Waals surface area contributed by atoms with E-state index in [1.807, 2.05) is 0 Å². The Kier molecular flexibility index (Phi) is 3.38. The Bertz CT molecular complexity index is 531. The summed E-state index contributed by atoms with van der Waals surface area (Å²) in [5, 5.41) is 0.270. The third kappa shape index (κ3) is 2.62. The maximum Gasteiger partial charge on any atom is 0.388 e. The van der Waals surface area contributed by atoms with Crippen molar-refractivity contribution in [3.63, 3.8) is 0 Å². The van der Waals surface area contributed by atoms with Gasteiger partial charge < -0.3 is 4.74 Å². The molecule has 0 fully saturated rings. The Morgan fingerprint density at radius 3 is 2.88 bits per heavy atom. The minimum atomic E-state index is -2.94. The lowest BCUT2D eigenvalue weighted by atomic mass is 10.2. The second-order valence-corrected chi connectivity index (χ2v) is 3.98. The van der Waals surface area contributed by atoms with Gasteiger partial charge in [0.2, 0.25) is 5.88 Å². The first kappa shape index (κ1) is 11.6. The zero-order valence-corrected chi connectivity index (χ0v) is 9.16. The molecule has 0 saturated heterocycles. The number of alkyl halides is 2. The molecule has 7 heteroatoms. The number of hydrogen-bond acceptors (Lipinski definition) is 5. The van der Waals surface area contributed by atoms with Gasteiger partial charge in [0.1, 0.15) is 0 Å². The predicted octanol–water partition coefficient (Wildman–Crippen LogP) is 2.62. The summed E-state index contributed by atoms with van der Waals surface area (Å²) in [7, 11) is 0. The average Bonchev–Trinajstić information content (AvgIpc) is 2.77. The van der Waals surface area contributed by atoms with Crippen molar-refractivity contribution < 1.29 is 18.3 Å². The number of aromatic nitrogens is 2. The molecule has 0 spiro atoms. The van der Waals surface area contributed by atoms with E-state index in [-0.39, 0.29) is 10.9 Å². The van der Waals surface area contributed by atoms with Gasteiger partial charge >= 0.3 is 6.61 Å². The van der Waals surface area contributed by atoms with Crippen LogP contribution in [0.2, 0.25) is 0 Å². The topological polar surface area (TPSA) is 52.1 Å². The highest BCUT2D eigenvalue weighted by Crippen LogP contribution is 2.32. The molecule has 0 amide bonds. The van der Waals surface area contributed by atoms with Crippen molar-refractivity contribution in [2.24, 2.45) is 0 Å². The van der Waals surface area contributed by atoms with Crippen LogP contribution in [0.25, 0.3) is 10.4 Å². The Hall–Kier alpha value is -1.89. The second kappa shape index (κ2) is 4.96. The van der Waals surface area contributed by atoms with Gasteiger partial charge in [-0.25, -0.2) is 9.97 Å². The Balaban J connectivity index is 2.40. The van der Waals surface area contributed by atoms with Crippen molar-refractivity contribution in [3.05, 3.63) is 29.5 Å².